The SMILES string of the molecule is CCC(c1ccccc1)c1c(OC)oc2ccccc2c1=O. The monoisotopic (exact) mass is 294 g/mol. The summed E-state index contributed by atoms with van der Waals surface area (Å²) in [5.41, 5.74) is 2.21. The van der Waals surface area contributed by atoms with E-state index < -0.39 is 0 Å². The summed E-state index contributed by atoms with van der Waals surface area (Å²) >= 11 is 0. The van der Waals surface area contributed by atoms with E-state index in [1.54, 1.807) is 12.1 Å². The molecule has 1 unspecified atom stereocenters. The summed E-state index contributed by atoms with van der Waals surface area (Å²) < 4.78 is 11.2. The lowest BCUT2D eigenvalue weighted by atomic mass is 9.89. The van der Waals surface area contributed by atoms with Crippen LogP contribution in [0.25, 0.3) is 11.0 Å². The van der Waals surface area contributed by atoms with Gasteiger partial charge in [0.15, 0.2) is 0 Å². The zero-order valence-corrected chi connectivity index (χ0v) is 12.7. The van der Waals surface area contributed by atoms with E-state index in [4.69, 9.17) is 9.15 Å². The van der Waals surface area contributed by atoms with E-state index in [0.717, 1.165) is 12.0 Å². The Kier molecular flexibility index (Phi) is 3.96. The first kappa shape index (κ1) is 14.4. The Morgan fingerprint density at radius 3 is 2.41 bits per heavy atom. The van der Waals surface area contributed by atoms with Crippen molar-refractivity contribution in [1.82, 2.24) is 0 Å². The Bertz CT molecular complexity index is 834. The summed E-state index contributed by atoms with van der Waals surface area (Å²) in [6, 6.07) is 17.3. The summed E-state index contributed by atoms with van der Waals surface area (Å²) in [6.07, 6.45) is 0.795. The standard InChI is InChI=1S/C19H18O3/c1-3-14(13-9-5-4-6-10-13)17-18(20)15-11-7-8-12-16(15)22-19(17)21-2/h4-12,14H,3H2,1-2H3. The molecule has 3 rings (SSSR count). The molecule has 1 atom stereocenters. The van der Waals surface area contributed by atoms with Gasteiger partial charge < -0.3 is 9.15 Å². The summed E-state index contributed by atoms with van der Waals surface area (Å²) in [6.45, 7) is 2.06. The third kappa shape index (κ3) is 2.39. The maximum atomic E-state index is 12.9. The maximum absolute atomic E-state index is 12.9. The summed E-state index contributed by atoms with van der Waals surface area (Å²) in [7, 11) is 1.54. The highest BCUT2D eigenvalue weighted by Gasteiger charge is 2.23. The molecule has 0 aliphatic carbocycles. The molecule has 1 heterocycles. The highest BCUT2D eigenvalue weighted by Crippen LogP contribution is 2.33. The molecule has 2 aromatic carbocycles. The van der Waals surface area contributed by atoms with Gasteiger partial charge in [-0.05, 0) is 24.1 Å². The molecule has 0 amide bonds. The number of ether oxygens (including phenoxy) is 1. The number of para-hydroxylation sites is 1. The Balaban J connectivity index is 2.29. The van der Waals surface area contributed by atoms with Gasteiger partial charge in [0.1, 0.15) is 5.58 Å². The van der Waals surface area contributed by atoms with Crippen molar-refractivity contribution >= 4 is 11.0 Å². The van der Waals surface area contributed by atoms with Gasteiger partial charge in [0.05, 0.1) is 18.1 Å². The number of methoxy groups -OCH3 is 1. The minimum atomic E-state index is -0.0444. The van der Waals surface area contributed by atoms with Crippen LogP contribution in [0.15, 0.2) is 63.8 Å². The van der Waals surface area contributed by atoms with E-state index in [0.29, 0.717) is 22.5 Å². The van der Waals surface area contributed by atoms with Crippen molar-refractivity contribution in [2.45, 2.75) is 19.3 Å². The van der Waals surface area contributed by atoms with E-state index in [2.05, 4.69) is 6.92 Å². The zero-order chi connectivity index (χ0) is 15.5. The molecule has 22 heavy (non-hydrogen) atoms. The second-order valence-corrected chi connectivity index (χ2v) is 5.20. The maximum Gasteiger partial charge on any atom is 0.292 e. The Labute approximate surface area is 129 Å². The molecule has 0 fully saturated rings. The Morgan fingerprint density at radius 2 is 1.73 bits per heavy atom. The molecule has 3 nitrogen and oxygen atoms in total. The summed E-state index contributed by atoms with van der Waals surface area (Å²) in [4.78, 5) is 12.9. The molecular weight excluding hydrogens is 276 g/mol. The van der Waals surface area contributed by atoms with Crippen molar-refractivity contribution in [2.75, 3.05) is 7.11 Å². The molecular formula is C19H18O3. The third-order valence-electron chi connectivity index (χ3n) is 3.94. The first-order valence-electron chi connectivity index (χ1n) is 7.41. The van der Waals surface area contributed by atoms with Crippen molar-refractivity contribution in [3.05, 3.63) is 75.9 Å². The van der Waals surface area contributed by atoms with Gasteiger partial charge >= 0.3 is 0 Å². The van der Waals surface area contributed by atoms with Crippen molar-refractivity contribution in [3.8, 4) is 5.95 Å². The number of rotatable bonds is 4. The van der Waals surface area contributed by atoms with Gasteiger partial charge in [0, 0.05) is 5.92 Å². The van der Waals surface area contributed by atoms with Crippen molar-refractivity contribution in [2.24, 2.45) is 0 Å². The molecule has 0 radical (unpaired) electrons. The van der Waals surface area contributed by atoms with Gasteiger partial charge in [-0.1, -0.05) is 49.4 Å². The lowest BCUT2D eigenvalue weighted by Gasteiger charge is -2.17. The van der Waals surface area contributed by atoms with Crippen LogP contribution in [-0.2, 0) is 0 Å². The van der Waals surface area contributed by atoms with Crippen molar-refractivity contribution in [1.29, 1.82) is 0 Å². The Hall–Kier alpha value is -2.55. The van der Waals surface area contributed by atoms with Crippen LogP contribution in [0.2, 0.25) is 0 Å². The number of hydrogen-bond donors (Lipinski definition) is 0. The van der Waals surface area contributed by atoms with E-state index in [-0.39, 0.29) is 11.3 Å². The summed E-state index contributed by atoms with van der Waals surface area (Å²) in [5, 5.41) is 0.590. The van der Waals surface area contributed by atoms with Gasteiger partial charge in [-0.3, -0.25) is 4.79 Å². The van der Waals surface area contributed by atoms with Crippen LogP contribution >= 0.6 is 0 Å². The predicted molar refractivity (Wildman–Crippen MR) is 87.6 cm³/mol. The highest BCUT2D eigenvalue weighted by molar-refractivity contribution is 5.77. The number of benzene rings is 2. The predicted octanol–water partition coefficient (Wildman–Crippen LogP) is 4.34. The molecule has 3 heteroatoms. The molecule has 0 aliphatic heterocycles. The molecule has 0 aliphatic rings. The number of fused-ring (bicyclic) bond motifs is 1. The van der Waals surface area contributed by atoms with Crippen LogP contribution in [0.5, 0.6) is 5.95 Å². The average Bonchev–Trinajstić information content (AvgIpc) is 2.58. The fraction of sp³-hybridized carbons (Fsp3) is 0.211. The van der Waals surface area contributed by atoms with Crippen LogP contribution in [0.3, 0.4) is 0 Å². The van der Waals surface area contributed by atoms with Crippen LogP contribution in [0, 0.1) is 0 Å². The number of hydrogen-bond acceptors (Lipinski definition) is 3. The minimum Gasteiger partial charge on any atom is -0.468 e. The molecule has 1 aromatic heterocycles. The van der Waals surface area contributed by atoms with Crippen molar-refractivity contribution < 1.29 is 9.15 Å². The van der Waals surface area contributed by atoms with Gasteiger partial charge in [0.25, 0.3) is 5.95 Å². The lowest BCUT2D eigenvalue weighted by molar-refractivity contribution is 0.302. The van der Waals surface area contributed by atoms with E-state index >= 15 is 0 Å². The molecule has 0 saturated carbocycles. The van der Waals surface area contributed by atoms with Gasteiger partial charge in [-0.2, -0.15) is 0 Å². The van der Waals surface area contributed by atoms with E-state index in [9.17, 15) is 4.79 Å². The average molecular weight is 294 g/mol. The van der Waals surface area contributed by atoms with Crippen LogP contribution in [0.1, 0.15) is 30.4 Å². The van der Waals surface area contributed by atoms with Crippen molar-refractivity contribution in [3.63, 3.8) is 0 Å². The van der Waals surface area contributed by atoms with E-state index in [1.807, 2.05) is 42.5 Å². The highest BCUT2D eigenvalue weighted by atomic mass is 16.6. The van der Waals surface area contributed by atoms with E-state index in [1.165, 1.54) is 7.11 Å². The van der Waals surface area contributed by atoms with Crippen LogP contribution in [-0.4, -0.2) is 7.11 Å². The van der Waals surface area contributed by atoms with Gasteiger partial charge in [-0.25, -0.2) is 0 Å². The fourth-order valence-electron chi connectivity index (χ4n) is 2.88. The third-order valence-corrected chi connectivity index (χ3v) is 3.94. The Morgan fingerprint density at radius 1 is 1.05 bits per heavy atom. The van der Waals surface area contributed by atoms with Gasteiger partial charge in [0.2, 0.25) is 5.43 Å². The first-order valence-corrected chi connectivity index (χ1v) is 7.41. The zero-order valence-electron chi connectivity index (χ0n) is 12.7. The second kappa shape index (κ2) is 6.06. The first-order chi connectivity index (χ1) is 10.8. The minimum absolute atomic E-state index is 0.0191. The normalized spacial score (nSPS) is 12.3. The van der Waals surface area contributed by atoms with Crippen LogP contribution < -0.4 is 10.2 Å². The summed E-state index contributed by atoms with van der Waals surface area (Å²) in [5.74, 6) is 0.261. The fourth-order valence-corrected chi connectivity index (χ4v) is 2.88. The molecule has 112 valence electrons. The molecule has 0 spiro atoms. The quantitative estimate of drug-likeness (QED) is 0.718. The topological polar surface area (TPSA) is 39.4 Å². The van der Waals surface area contributed by atoms with Gasteiger partial charge in [-0.15, -0.1) is 0 Å². The molecule has 3 aromatic rings. The van der Waals surface area contributed by atoms with Crippen LogP contribution in [0.4, 0.5) is 0 Å². The molecule has 0 saturated heterocycles. The lowest BCUT2D eigenvalue weighted by Crippen LogP contribution is -2.16. The molecule has 0 N–H and O–H groups in total. The smallest absolute Gasteiger partial charge is 0.292 e. The largest absolute Gasteiger partial charge is 0.468 e. The second-order valence-electron chi connectivity index (χ2n) is 5.20. The molecule has 0 bridgehead atoms.